The molecular formula is C22H27N3O5S. The largest absolute Gasteiger partial charge is 0.485 e. The number of primary amides is 1. The fraction of sp³-hybridized carbons (Fsp3) is 0.455. The number of nitrogens with zero attached hydrogens (tertiary/aromatic N) is 2. The number of aryl methyl sites for hydroxylation is 1. The van der Waals surface area contributed by atoms with Crippen LogP contribution in [0.3, 0.4) is 0 Å². The molecule has 1 saturated heterocycles. The van der Waals surface area contributed by atoms with Crippen molar-refractivity contribution < 1.29 is 22.7 Å². The summed E-state index contributed by atoms with van der Waals surface area (Å²) in [6.45, 7) is 4.55. The molecule has 1 amide bonds. The van der Waals surface area contributed by atoms with E-state index in [1.807, 2.05) is 19.9 Å². The number of amides is 1. The van der Waals surface area contributed by atoms with Crippen LogP contribution in [0.5, 0.6) is 5.75 Å². The van der Waals surface area contributed by atoms with Crippen LogP contribution in [0.25, 0.3) is 0 Å². The first-order valence-electron chi connectivity index (χ1n) is 10.5. The molecule has 0 radical (unpaired) electrons. The normalized spacial score (nSPS) is 17.1. The zero-order valence-electron chi connectivity index (χ0n) is 17.8. The van der Waals surface area contributed by atoms with Crippen LogP contribution >= 0.6 is 0 Å². The fourth-order valence-electron chi connectivity index (χ4n) is 4.24. The Morgan fingerprint density at radius 3 is 2.39 bits per heavy atom. The first-order chi connectivity index (χ1) is 14.7. The summed E-state index contributed by atoms with van der Waals surface area (Å²) in [5.41, 5.74) is 7.96. The average Bonchev–Trinajstić information content (AvgIpc) is 3.29. The number of sulfonamides is 1. The summed E-state index contributed by atoms with van der Waals surface area (Å²) in [6.07, 6.45) is 3.86. The predicted molar refractivity (Wildman–Crippen MR) is 115 cm³/mol. The van der Waals surface area contributed by atoms with Gasteiger partial charge in [-0.1, -0.05) is 0 Å². The number of hydrogen-bond donors (Lipinski definition) is 1. The van der Waals surface area contributed by atoms with Gasteiger partial charge in [-0.2, -0.15) is 4.31 Å². The van der Waals surface area contributed by atoms with Crippen LogP contribution in [0.4, 0.5) is 0 Å². The van der Waals surface area contributed by atoms with Gasteiger partial charge in [0.05, 0.1) is 10.5 Å². The molecule has 31 heavy (non-hydrogen) atoms. The van der Waals surface area contributed by atoms with E-state index in [1.165, 1.54) is 22.5 Å². The van der Waals surface area contributed by atoms with Crippen LogP contribution in [0.2, 0.25) is 0 Å². The Balaban J connectivity index is 1.54. The Hall–Kier alpha value is -2.65. The first-order valence-corrected chi connectivity index (χ1v) is 11.9. The SMILES string of the molecule is Cc1cc(C(=O)COc2ccc(S(=O)(=O)N3CCCC3)cc2C(N)=O)c(C)n1C1CC1. The summed E-state index contributed by atoms with van der Waals surface area (Å²) >= 11 is 0. The van der Waals surface area contributed by atoms with Gasteiger partial charge >= 0.3 is 0 Å². The molecule has 1 aliphatic heterocycles. The molecule has 1 saturated carbocycles. The van der Waals surface area contributed by atoms with E-state index in [2.05, 4.69) is 4.57 Å². The van der Waals surface area contributed by atoms with Crippen LogP contribution < -0.4 is 10.5 Å². The highest BCUT2D eigenvalue weighted by atomic mass is 32.2. The summed E-state index contributed by atoms with van der Waals surface area (Å²) in [5, 5.41) is 0. The van der Waals surface area contributed by atoms with Gasteiger partial charge in [-0.15, -0.1) is 0 Å². The maximum absolute atomic E-state index is 12.8. The zero-order chi connectivity index (χ0) is 22.3. The van der Waals surface area contributed by atoms with Gasteiger partial charge in [0.2, 0.25) is 15.8 Å². The molecule has 166 valence electrons. The molecule has 2 heterocycles. The average molecular weight is 446 g/mol. The van der Waals surface area contributed by atoms with Gasteiger partial charge in [-0.05, 0) is 63.8 Å². The number of ketones is 1. The van der Waals surface area contributed by atoms with Gasteiger partial charge < -0.3 is 15.0 Å². The highest BCUT2D eigenvalue weighted by Crippen LogP contribution is 2.38. The van der Waals surface area contributed by atoms with Crippen LogP contribution in [0.15, 0.2) is 29.2 Å². The predicted octanol–water partition coefficient (Wildman–Crippen LogP) is 2.58. The van der Waals surface area contributed by atoms with Gasteiger partial charge in [-0.3, -0.25) is 9.59 Å². The molecule has 2 N–H and O–H groups in total. The van der Waals surface area contributed by atoms with Crippen molar-refractivity contribution in [2.75, 3.05) is 19.7 Å². The number of aromatic nitrogens is 1. The maximum Gasteiger partial charge on any atom is 0.252 e. The van der Waals surface area contributed by atoms with E-state index < -0.39 is 15.9 Å². The third kappa shape index (κ3) is 4.12. The monoisotopic (exact) mass is 445 g/mol. The van der Waals surface area contributed by atoms with Crippen LogP contribution in [-0.4, -0.2) is 48.7 Å². The second kappa shape index (κ2) is 8.12. The van der Waals surface area contributed by atoms with Crippen LogP contribution in [0.1, 0.15) is 63.8 Å². The lowest BCUT2D eigenvalue weighted by atomic mass is 10.1. The third-order valence-corrected chi connectivity index (χ3v) is 7.87. The van der Waals surface area contributed by atoms with E-state index in [9.17, 15) is 18.0 Å². The molecule has 8 nitrogen and oxygen atoms in total. The number of carbonyl (C=O) groups is 2. The van der Waals surface area contributed by atoms with Crippen molar-refractivity contribution in [1.29, 1.82) is 0 Å². The number of benzene rings is 1. The van der Waals surface area contributed by atoms with E-state index in [1.54, 1.807) is 0 Å². The number of carbonyl (C=O) groups excluding carboxylic acids is 2. The van der Waals surface area contributed by atoms with Crippen molar-refractivity contribution >= 4 is 21.7 Å². The molecule has 2 aliphatic rings. The van der Waals surface area contributed by atoms with E-state index in [-0.39, 0.29) is 28.6 Å². The number of nitrogens with two attached hydrogens (primary N) is 1. The van der Waals surface area contributed by atoms with Crippen molar-refractivity contribution in [2.45, 2.75) is 50.5 Å². The van der Waals surface area contributed by atoms with Gasteiger partial charge in [0, 0.05) is 36.1 Å². The van der Waals surface area contributed by atoms with Gasteiger partial charge in [0.15, 0.2) is 6.61 Å². The standard InChI is InChI=1S/C22H27N3O5S/c1-14-11-18(15(2)25(14)16-5-6-16)20(26)13-30-21-8-7-17(12-19(21)22(23)27)31(28,29)24-9-3-4-10-24/h7-8,11-12,16H,3-6,9-10,13H2,1-2H3,(H2,23,27). The second-order valence-electron chi connectivity index (χ2n) is 8.23. The molecule has 0 unspecified atom stereocenters. The third-order valence-electron chi connectivity index (χ3n) is 5.97. The van der Waals surface area contributed by atoms with Crippen molar-refractivity contribution in [3.63, 3.8) is 0 Å². The minimum Gasteiger partial charge on any atom is -0.485 e. The van der Waals surface area contributed by atoms with Crippen LogP contribution in [0, 0.1) is 13.8 Å². The number of ether oxygens (including phenoxy) is 1. The van der Waals surface area contributed by atoms with Crippen molar-refractivity contribution in [3.8, 4) is 5.75 Å². The Morgan fingerprint density at radius 1 is 1.10 bits per heavy atom. The highest BCUT2D eigenvalue weighted by molar-refractivity contribution is 7.89. The lowest BCUT2D eigenvalue weighted by molar-refractivity contribution is 0.0911. The van der Waals surface area contributed by atoms with Crippen LogP contribution in [-0.2, 0) is 10.0 Å². The minimum absolute atomic E-state index is 0.00476. The first kappa shape index (κ1) is 21.6. The van der Waals surface area contributed by atoms with Gasteiger partial charge in [0.1, 0.15) is 5.75 Å². The molecule has 4 rings (SSSR count). The summed E-state index contributed by atoms with van der Waals surface area (Å²) in [4.78, 5) is 24.7. The van der Waals surface area contributed by atoms with Crippen molar-refractivity contribution in [1.82, 2.24) is 8.87 Å². The van der Waals surface area contributed by atoms with Crippen molar-refractivity contribution in [3.05, 3.63) is 46.8 Å². The highest BCUT2D eigenvalue weighted by Gasteiger charge is 2.30. The molecular weight excluding hydrogens is 418 g/mol. The molecule has 1 aromatic heterocycles. The molecule has 1 aliphatic carbocycles. The summed E-state index contributed by atoms with van der Waals surface area (Å²) in [6, 6.07) is 6.34. The molecule has 2 aromatic rings. The number of rotatable bonds is 8. The fourth-order valence-corrected chi connectivity index (χ4v) is 5.78. The Kier molecular flexibility index (Phi) is 5.65. The zero-order valence-corrected chi connectivity index (χ0v) is 18.6. The molecule has 0 atom stereocenters. The Bertz CT molecular complexity index is 1140. The lowest BCUT2D eigenvalue weighted by Gasteiger charge is -2.17. The summed E-state index contributed by atoms with van der Waals surface area (Å²) < 4.78 is 34.8. The van der Waals surface area contributed by atoms with E-state index in [4.69, 9.17) is 10.5 Å². The Labute approximate surface area is 182 Å². The Morgan fingerprint density at radius 2 is 1.77 bits per heavy atom. The second-order valence-corrected chi connectivity index (χ2v) is 10.2. The minimum atomic E-state index is -3.70. The summed E-state index contributed by atoms with van der Waals surface area (Å²) in [5.74, 6) is -0.922. The van der Waals surface area contributed by atoms with Crippen molar-refractivity contribution in [2.24, 2.45) is 5.73 Å². The van der Waals surface area contributed by atoms with E-state index in [0.717, 1.165) is 37.1 Å². The van der Waals surface area contributed by atoms with E-state index >= 15 is 0 Å². The maximum atomic E-state index is 12.8. The van der Waals surface area contributed by atoms with Gasteiger partial charge in [0.25, 0.3) is 5.91 Å². The quantitative estimate of drug-likeness (QED) is 0.628. The number of hydrogen-bond acceptors (Lipinski definition) is 5. The molecule has 0 bridgehead atoms. The van der Waals surface area contributed by atoms with Gasteiger partial charge in [-0.25, -0.2) is 8.42 Å². The number of Topliss-reactive ketones (excluding diaryl/α,β-unsaturated/α-hetero) is 1. The topological polar surface area (TPSA) is 112 Å². The molecule has 2 fully saturated rings. The molecule has 1 aromatic carbocycles. The molecule has 0 spiro atoms. The molecule has 9 heteroatoms. The smallest absolute Gasteiger partial charge is 0.252 e. The van der Waals surface area contributed by atoms with E-state index in [0.29, 0.717) is 24.7 Å². The summed E-state index contributed by atoms with van der Waals surface area (Å²) in [7, 11) is -3.70. The lowest BCUT2D eigenvalue weighted by Crippen LogP contribution is -2.28.